The number of hydrogen-bond donors (Lipinski definition) is 0. The molecule has 3 heterocycles. The van der Waals surface area contributed by atoms with Crippen molar-refractivity contribution in [3.63, 3.8) is 0 Å². The Kier molecular flexibility index (Phi) is 4.81. The Balaban J connectivity index is 1.52. The molecule has 2 aliphatic heterocycles. The van der Waals surface area contributed by atoms with E-state index in [1.54, 1.807) is 18.3 Å². The fourth-order valence-corrected chi connectivity index (χ4v) is 3.67. The van der Waals surface area contributed by atoms with Crippen LogP contribution in [0.15, 0.2) is 87.9 Å². The van der Waals surface area contributed by atoms with E-state index in [1.807, 2.05) is 48.5 Å². The molecule has 2 aromatic carbocycles. The molecular formula is C24H20N5O-. The second-order valence-corrected chi connectivity index (χ2v) is 7.26. The summed E-state index contributed by atoms with van der Waals surface area (Å²) in [5.74, 6) is 1.74. The summed E-state index contributed by atoms with van der Waals surface area (Å²) < 4.78 is 0. The van der Waals surface area contributed by atoms with Gasteiger partial charge in [-0.25, -0.2) is 20.0 Å². The van der Waals surface area contributed by atoms with Crippen LogP contribution in [0.3, 0.4) is 0 Å². The Labute approximate surface area is 175 Å². The van der Waals surface area contributed by atoms with Gasteiger partial charge < -0.3 is 10.0 Å². The molecular weight excluding hydrogens is 374 g/mol. The van der Waals surface area contributed by atoms with Crippen LogP contribution in [0.5, 0.6) is 5.75 Å². The zero-order chi connectivity index (χ0) is 20.3. The van der Waals surface area contributed by atoms with Gasteiger partial charge in [0.1, 0.15) is 11.5 Å². The first-order chi connectivity index (χ1) is 14.8. The lowest BCUT2D eigenvalue weighted by atomic mass is 10.1. The van der Waals surface area contributed by atoms with Gasteiger partial charge in [-0.2, -0.15) is 0 Å². The molecule has 148 valence electrons. The monoisotopic (exact) mass is 394 g/mol. The maximum absolute atomic E-state index is 12.3. The van der Waals surface area contributed by atoms with Crippen LogP contribution >= 0.6 is 0 Å². The fraction of sp³-hybridized carbons (Fsp3) is 0.167. The molecule has 3 aromatic rings. The molecule has 0 spiro atoms. The molecule has 0 saturated carbocycles. The van der Waals surface area contributed by atoms with Gasteiger partial charge in [0.25, 0.3) is 0 Å². The smallest absolute Gasteiger partial charge is 0.181 e. The predicted molar refractivity (Wildman–Crippen MR) is 118 cm³/mol. The third-order valence-corrected chi connectivity index (χ3v) is 5.21. The van der Waals surface area contributed by atoms with Crippen molar-refractivity contribution in [2.45, 2.75) is 12.8 Å². The number of nitrogens with zero attached hydrogens (tertiary/aromatic N) is 5. The molecule has 1 aromatic heterocycles. The maximum atomic E-state index is 12.3. The minimum atomic E-state index is -0.106. The first-order valence-corrected chi connectivity index (χ1v) is 10.1. The number of anilines is 1. The van der Waals surface area contributed by atoms with E-state index in [1.165, 1.54) is 18.9 Å². The van der Waals surface area contributed by atoms with Gasteiger partial charge in [-0.1, -0.05) is 60.3 Å². The van der Waals surface area contributed by atoms with E-state index in [0.717, 1.165) is 24.5 Å². The number of hydrogen-bond acceptors (Lipinski definition) is 5. The SMILES string of the molecule is [O-]c1ccccc1C1=NC(=Nc2ccc(N3CCCC3)nc2)C(c2ccccc2)=N1. The van der Waals surface area contributed by atoms with Crippen LogP contribution in [0, 0.1) is 0 Å². The summed E-state index contributed by atoms with van der Waals surface area (Å²) in [6.07, 6.45) is 4.18. The molecule has 0 N–H and O–H groups in total. The van der Waals surface area contributed by atoms with E-state index in [4.69, 9.17) is 4.99 Å². The van der Waals surface area contributed by atoms with E-state index in [9.17, 15) is 5.11 Å². The minimum Gasteiger partial charge on any atom is -0.872 e. The van der Waals surface area contributed by atoms with Gasteiger partial charge in [-0.15, -0.1) is 0 Å². The molecule has 0 atom stereocenters. The largest absolute Gasteiger partial charge is 0.872 e. The number of aromatic nitrogens is 1. The lowest BCUT2D eigenvalue weighted by molar-refractivity contribution is -0.268. The molecule has 0 amide bonds. The average Bonchev–Trinajstić information content (AvgIpc) is 3.46. The fourth-order valence-electron chi connectivity index (χ4n) is 3.67. The van der Waals surface area contributed by atoms with Crippen LogP contribution in [0.1, 0.15) is 24.0 Å². The molecule has 0 aliphatic carbocycles. The van der Waals surface area contributed by atoms with E-state index in [-0.39, 0.29) is 5.75 Å². The first kappa shape index (κ1) is 18.2. The molecule has 0 bridgehead atoms. The number of para-hydroxylation sites is 1. The van der Waals surface area contributed by atoms with Crippen molar-refractivity contribution in [1.29, 1.82) is 0 Å². The third kappa shape index (κ3) is 3.59. The molecule has 0 radical (unpaired) electrons. The minimum absolute atomic E-state index is 0.106. The quantitative estimate of drug-likeness (QED) is 0.676. The van der Waals surface area contributed by atoms with Crippen LogP contribution in [-0.4, -0.2) is 35.5 Å². The lowest BCUT2D eigenvalue weighted by Crippen LogP contribution is -2.18. The Morgan fingerprint density at radius 3 is 2.33 bits per heavy atom. The van der Waals surface area contributed by atoms with Crippen molar-refractivity contribution >= 4 is 28.9 Å². The summed E-state index contributed by atoms with van der Waals surface area (Å²) in [4.78, 5) is 20.8. The Morgan fingerprint density at radius 1 is 0.833 bits per heavy atom. The molecule has 0 unspecified atom stereocenters. The Bertz CT molecular complexity index is 1140. The zero-order valence-corrected chi connectivity index (χ0v) is 16.4. The van der Waals surface area contributed by atoms with E-state index in [2.05, 4.69) is 19.9 Å². The van der Waals surface area contributed by atoms with Crippen molar-refractivity contribution in [3.8, 4) is 5.75 Å². The van der Waals surface area contributed by atoms with Crippen molar-refractivity contribution in [2.24, 2.45) is 15.0 Å². The average molecular weight is 394 g/mol. The maximum Gasteiger partial charge on any atom is 0.181 e. The number of rotatable bonds is 4. The van der Waals surface area contributed by atoms with E-state index < -0.39 is 0 Å². The molecule has 6 nitrogen and oxygen atoms in total. The molecule has 1 fully saturated rings. The summed E-state index contributed by atoms with van der Waals surface area (Å²) in [7, 11) is 0. The predicted octanol–water partition coefficient (Wildman–Crippen LogP) is 3.74. The number of pyridine rings is 1. The summed E-state index contributed by atoms with van der Waals surface area (Å²) in [5, 5.41) is 12.3. The van der Waals surface area contributed by atoms with E-state index >= 15 is 0 Å². The first-order valence-electron chi connectivity index (χ1n) is 10.1. The van der Waals surface area contributed by atoms with Crippen LogP contribution in [0.4, 0.5) is 11.5 Å². The van der Waals surface area contributed by atoms with Crippen molar-refractivity contribution in [3.05, 3.63) is 84.1 Å². The summed E-state index contributed by atoms with van der Waals surface area (Å²) in [5.41, 5.74) is 2.73. The van der Waals surface area contributed by atoms with Gasteiger partial charge in [-0.3, -0.25) is 0 Å². The highest BCUT2D eigenvalue weighted by atomic mass is 16.3. The third-order valence-electron chi connectivity index (χ3n) is 5.21. The number of aliphatic imine (C=N–C) groups is 3. The molecule has 6 heteroatoms. The summed E-state index contributed by atoms with van der Waals surface area (Å²) in [6.45, 7) is 2.10. The van der Waals surface area contributed by atoms with Crippen LogP contribution in [-0.2, 0) is 0 Å². The second-order valence-electron chi connectivity index (χ2n) is 7.26. The zero-order valence-electron chi connectivity index (χ0n) is 16.4. The van der Waals surface area contributed by atoms with Gasteiger partial charge in [0, 0.05) is 24.2 Å². The van der Waals surface area contributed by atoms with E-state index in [0.29, 0.717) is 28.6 Å². The lowest BCUT2D eigenvalue weighted by Gasteiger charge is -2.15. The van der Waals surface area contributed by atoms with Gasteiger partial charge in [-0.05, 0) is 25.0 Å². The van der Waals surface area contributed by atoms with Crippen LogP contribution < -0.4 is 10.0 Å². The number of benzene rings is 2. The Morgan fingerprint density at radius 2 is 1.60 bits per heavy atom. The second kappa shape index (κ2) is 7.91. The van der Waals surface area contributed by atoms with Crippen molar-refractivity contribution in [1.82, 2.24) is 4.98 Å². The summed E-state index contributed by atoms with van der Waals surface area (Å²) >= 11 is 0. The van der Waals surface area contributed by atoms with Crippen LogP contribution in [0.2, 0.25) is 0 Å². The number of amidine groups is 2. The van der Waals surface area contributed by atoms with Crippen molar-refractivity contribution in [2.75, 3.05) is 18.0 Å². The highest BCUT2D eigenvalue weighted by Gasteiger charge is 2.21. The van der Waals surface area contributed by atoms with Gasteiger partial charge >= 0.3 is 0 Å². The van der Waals surface area contributed by atoms with Crippen molar-refractivity contribution < 1.29 is 5.11 Å². The highest BCUT2D eigenvalue weighted by Crippen LogP contribution is 2.24. The van der Waals surface area contributed by atoms with Crippen LogP contribution in [0.25, 0.3) is 0 Å². The van der Waals surface area contributed by atoms with Gasteiger partial charge in [0.05, 0.1) is 11.9 Å². The Hall–Kier alpha value is -3.80. The molecule has 5 rings (SSSR count). The standard InChI is InChI=1S/C24H21N5O/c30-20-11-5-4-10-19(20)23-27-22(17-8-2-1-3-9-17)24(28-23)26-18-12-13-21(25-16-18)29-14-6-7-15-29/h1-5,8-13,16,30H,6-7,14-15H2/p-1. The highest BCUT2D eigenvalue weighted by molar-refractivity contribution is 6.54. The van der Waals surface area contributed by atoms with Gasteiger partial charge in [0.2, 0.25) is 0 Å². The molecule has 2 aliphatic rings. The normalized spacial score (nSPS) is 17.3. The van der Waals surface area contributed by atoms with Gasteiger partial charge in [0.15, 0.2) is 11.7 Å². The summed E-state index contributed by atoms with van der Waals surface area (Å²) in [6, 6.07) is 20.5. The molecule has 30 heavy (non-hydrogen) atoms. The molecule has 1 saturated heterocycles. The topological polar surface area (TPSA) is 76.3 Å².